The highest BCUT2D eigenvalue weighted by molar-refractivity contribution is 5.98. The molecule has 118 valence electrons. The van der Waals surface area contributed by atoms with E-state index in [0.717, 1.165) is 11.1 Å². The van der Waals surface area contributed by atoms with Gasteiger partial charge < -0.3 is 11.5 Å². The van der Waals surface area contributed by atoms with Crippen LogP contribution in [-0.2, 0) is 10.3 Å². The fourth-order valence-electron chi connectivity index (χ4n) is 2.68. The van der Waals surface area contributed by atoms with Crippen LogP contribution >= 0.6 is 0 Å². The number of benzene rings is 1. The number of carbonyl (C=O) groups excluding carboxylic acids is 1. The van der Waals surface area contributed by atoms with Crippen LogP contribution < -0.4 is 11.5 Å². The Morgan fingerprint density at radius 2 is 1.91 bits per heavy atom. The van der Waals surface area contributed by atoms with Crippen molar-refractivity contribution in [1.29, 1.82) is 0 Å². The molecule has 0 aliphatic carbocycles. The molecule has 0 unspecified atom stereocenters. The minimum absolute atomic E-state index is 0.0730. The molecule has 6 heteroatoms. The van der Waals surface area contributed by atoms with Gasteiger partial charge in [0.15, 0.2) is 5.96 Å². The molecule has 0 bridgehead atoms. The van der Waals surface area contributed by atoms with Gasteiger partial charge in [-0.3, -0.25) is 14.7 Å². The van der Waals surface area contributed by atoms with E-state index in [2.05, 4.69) is 9.98 Å². The van der Waals surface area contributed by atoms with Gasteiger partial charge in [0.25, 0.3) is 0 Å². The number of pyridine rings is 1. The van der Waals surface area contributed by atoms with E-state index >= 15 is 0 Å². The van der Waals surface area contributed by atoms with Gasteiger partial charge in [0.1, 0.15) is 5.54 Å². The number of carbonyl (C=O) groups is 1. The lowest BCUT2D eigenvalue weighted by Crippen LogP contribution is -2.47. The van der Waals surface area contributed by atoms with Gasteiger partial charge in [-0.25, -0.2) is 4.99 Å². The first-order valence-electron chi connectivity index (χ1n) is 7.33. The summed E-state index contributed by atoms with van der Waals surface area (Å²) in [6.45, 7) is 1.87. The largest absolute Gasteiger partial charge is 0.399 e. The molecule has 1 aliphatic rings. The van der Waals surface area contributed by atoms with E-state index in [0.29, 0.717) is 11.4 Å². The standard InChI is InChI=1S/C17H19N5O/c1-17(10-15(23)22(2)16(19)21-17)14-9-12(6-7-20-14)11-4-3-5-13(18)8-11/h3-9H,10,18H2,1-2H3,(H2,19,21)/t17-/m0/s1. The molecule has 2 aromatic rings. The van der Waals surface area contributed by atoms with Crippen molar-refractivity contribution in [3.05, 3.63) is 48.3 Å². The average Bonchev–Trinajstić information content (AvgIpc) is 2.53. The fraction of sp³-hybridized carbons (Fsp3) is 0.235. The monoisotopic (exact) mass is 309 g/mol. The SMILES string of the molecule is CN1C(=O)C[C@@](C)(c2cc(-c3cccc(N)c3)ccn2)N=C1N. The van der Waals surface area contributed by atoms with Gasteiger partial charge in [-0.2, -0.15) is 0 Å². The third-order valence-electron chi connectivity index (χ3n) is 4.11. The summed E-state index contributed by atoms with van der Waals surface area (Å²) in [6.07, 6.45) is 1.95. The summed E-state index contributed by atoms with van der Waals surface area (Å²) in [6, 6.07) is 11.5. The molecule has 6 nitrogen and oxygen atoms in total. The summed E-state index contributed by atoms with van der Waals surface area (Å²) in [7, 11) is 1.62. The Hall–Kier alpha value is -2.89. The Balaban J connectivity index is 2.05. The average molecular weight is 309 g/mol. The Bertz CT molecular complexity index is 801. The number of aromatic nitrogens is 1. The van der Waals surface area contributed by atoms with Crippen LogP contribution in [0.4, 0.5) is 5.69 Å². The zero-order valence-corrected chi connectivity index (χ0v) is 13.2. The number of nitrogens with zero attached hydrogens (tertiary/aromatic N) is 3. The molecular formula is C17H19N5O. The van der Waals surface area contributed by atoms with Crippen LogP contribution in [0, 0.1) is 0 Å². The Morgan fingerprint density at radius 1 is 1.17 bits per heavy atom. The molecule has 23 heavy (non-hydrogen) atoms. The molecular weight excluding hydrogens is 290 g/mol. The van der Waals surface area contributed by atoms with Gasteiger partial charge >= 0.3 is 0 Å². The first-order chi connectivity index (χ1) is 10.9. The number of rotatable bonds is 2. The molecule has 3 rings (SSSR count). The number of hydrogen-bond acceptors (Lipinski definition) is 5. The topological polar surface area (TPSA) is 97.6 Å². The second kappa shape index (κ2) is 5.39. The minimum atomic E-state index is -0.760. The number of hydrogen-bond donors (Lipinski definition) is 2. The summed E-state index contributed by atoms with van der Waals surface area (Å²) in [4.78, 5) is 22.4. The van der Waals surface area contributed by atoms with Crippen LogP contribution in [-0.4, -0.2) is 28.8 Å². The van der Waals surface area contributed by atoms with E-state index in [1.807, 2.05) is 43.3 Å². The van der Waals surface area contributed by atoms with Gasteiger partial charge in [-0.1, -0.05) is 12.1 Å². The zero-order chi connectivity index (χ0) is 16.6. The predicted molar refractivity (Wildman–Crippen MR) is 90.4 cm³/mol. The summed E-state index contributed by atoms with van der Waals surface area (Å²) in [5, 5.41) is 0. The predicted octanol–water partition coefficient (Wildman–Crippen LogP) is 1.72. The molecule has 1 aliphatic heterocycles. The number of guanidine groups is 1. The van der Waals surface area contributed by atoms with E-state index in [-0.39, 0.29) is 18.3 Å². The number of nitrogen functional groups attached to an aromatic ring is 1. The van der Waals surface area contributed by atoms with Gasteiger partial charge in [0, 0.05) is 18.9 Å². The molecule has 0 fully saturated rings. The first-order valence-corrected chi connectivity index (χ1v) is 7.33. The molecule has 4 N–H and O–H groups in total. The molecule has 0 saturated heterocycles. The second-order valence-corrected chi connectivity index (χ2v) is 5.93. The van der Waals surface area contributed by atoms with E-state index in [4.69, 9.17) is 11.5 Å². The molecule has 1 amide bonds. The van der Waals surface area contributed by atoms with Crippen molar-refractivity contribution in [3.8, 4) is 11.1 Å². The van der Waals surface area contributed by atoms with Crippen molar-refractivity contribution < 1.29 is 4.79 Å². The Labute approximate surface area is 134 Å². The van der Waals surface area contributed by atoms with Crippen LogP contribution in [0.3, 0.4) is 0 Å². The van der Waals surface area contributed by atoms with Crippen molar-refractivity contribution in [1.82, 2.24) is 9.88 Å². The molecule has 1 aromatic heterocycles. The van der Waals surface area contributed by atoms with Gasteiger partial charge in [-0.05, 0) is 42.3 Å². The van der Waals surface area contributed by atoms with Crippen LogP contribution in [0.2, 0.25) is 0 Å². The van der Waals surface area contributed by atoms with Crippen molar-refractivity contribution in [3.63, 3.8) is 0 Å². The van der Waals surface area contributed by atoms with Crippen molar-refractivity contribution in [2.75, 3.05) is 12.8 Å². The van der Waals surface area contributed by atoms with E-state index < -0.39 is 5.54 Å². The molecule has 1 atom stereocenters. The minimum Gasteiger partial charge on any atom is -0.399 e. The number of anilines is 1. The van der Waals surface area contributed by atoms with Gasteiger partial charge in [0.05, 0.1) is 12.1 Å². The summed E-state index contributed by atoms with van der Waals surface area (Å²) >= 11 is 0. The lowest BCUT2D eigenvalue weighted by Gasteiger charge is -2.32. The molecule has 2 heterocycles. The Kier molecular flexibility index (Phi) is 3.52. The van der Waals surface area contributed by atoms with Crippen molar-refractivity contribution in [2.24, 2.45) is 10.7 Å². The lowest BCUT2D eigenvalue weighted by molar-refractivity contribution is -0.128. The maximum absolute atomic E-state index is 12.1. The molecule has 0 spiro atoms. The van der Waals surface area contributed by atoms with Crippen LogP contribution in [0.25, 0.3) is 11.1 Å². The highest BCUT2D eigenvalue weighted by atomic mass is 16.2. The third-order valence-corrected chi connectivity index (χ3v) is 4.11. The number of nitrogens with two attached hydrogens (primary N) is 2. The lowest BCUT2D eigenvalue weighted by atomic mass is 9.90. The zero-order valence-electron chi connectivity index (χ0n) is 13.2. The smallest absolute Gasteiger partial charge is 0.231 e. The fourth-order valence-corrected chi connectivity index (χ4v) is 2.68. The molecule has 1 aromatic carbocycles. The van der Waals surface area contributed by atoms with Crippen LogP contribution in [0.5, 0.6) is 0 Å². The number of amides is 1. The molecule has 0 radical (unpaired) electrons. The van der Waals surface area contributed by atoms with Crippen molar-refractivity contribution in [2.45, 2.75) is 18.9 Å². The highest BCUT2D eigenvalue weighted by Crippen LogP contribution is 2.33. The van der Waals surface area contributed by atoms with E-state index in [1.54, 1.807) is 13.2 Å². The number of aliphatic imine (C=N–C) groups is 1. The summed E-state index contributed by atoms with van der Waals surface area (Å²) < 4.78 is 0. The van der Waals surface area contributed by atoms with E-state index in [1.165, 1.54) is 4.90 Å². The normalized spacial score (nSPS) is 21.2. The quantitative estimate of drug-likeness (QED) is 0.825. The maximum atomic E-state index is 12.1. The van der Waals surface area contributed by atoms with Crippen LogP contribution in [0.15, 0.2) is 47.6 Å². The summed E-state index contributed by atoms with van der Waals surface area (Å²) in [5.74, 6) is 0.135. The maximum Gasteiger partial charge on any atom is 0.231 e. The van der Waals surface area contributed by atoms with Gasteiger partial charge in [0.2, 0.25) is 5.91 Å². The van der Waals surface area contributed by atoms with Crippen molar-refractivity contribution >= 4 is 17.6 Å². The third kappa shape index (κ3) is 2.75. The highest BCUT2D eigenvalue weighted by Gasteiger charge is 2.37. The van der Waals surface area contributed by atoms with E-state index in [9.17, 15) is 4.79 Å². The molecule has 0 saturated carbocycles. The van der Waals surface area contributed by atoms with Crippen LogP contribution in [0.1, 0.15) is 19.0 Å². The Morgan fingerprint density at radius 3 is 2.61 bits per heavy atom. The summed E-state index contributed by atoms with van der Waals surface area (Å²) in [5.41, 5.74) is 14.3. The first kappa shape index (κ1) is 15.0. The second-order valence-electron chi connectivity index (χ2n) is 5.93. The van der Waals surface area contributed by atoms with Gasteiger partial charge in [-0.15, -0.1) is 0 Å².